The molecule has 0 radical (unpaired) electrons. The fraction of sp³-hybridized carbons (Fsp3) is 0.100. The summed E-state index contributed by atoms with van der Waals surface area (Å²) >= 11 is 5.52. The van der Waals surface area contributed by atoms with E-state index in [-0.39, 0.29) is 16.1 Å². The lowest BCUT2D eigenvalue weighted by molar-refractivity contribution is -0.137. The van der Waals surface area contributed by atoms with Gasteiger partial charge in [0.25, 0.3) is 0 Å². The van der Waals surface area contributed by atoms with Crippen LogP contribution in [-0.2, 0) is 6.18 Å². The van der Waals surface area contributed by atoms with Gasteiger partial charge in [0, 0.05) is 10.6 Å². The summed E-state index contributed by atoms with van der Waals surface area (Å²) in [5, 5.41) is -0.0851. The summed E-state index contributed by atoms with van der Waals surface area (Å²) in [6.45, 7) is 0. The molecule has 1 aliphatic rings. The third-order valence-electron chi connectivity index (χ3n) is 2.12. The summed E-state index contributed by atoms with van der Waals surface area (Å²) in [5.41, 5.74) is -0.959. The first kappa shape index (κ1) is 10.2. The van der Waals surface area contributed by atoms with E-state index in [9.17, 15) is 18.0 Å². The van der Waals surface area contributed by atoms with Gasteiger partial charge in [-0.15, -0.1) is 0 Å². The summed E-state index contributed by atoms with van der Waals surface area (Å²) in [6, 6.07) is 2.07. The molecule has 78 valence electrons. The molecule has 0 bridgehead atoms. The maximum atomic E-state index is 12.5. The van der Waals surface area contributed by atoms with Crippen molar-refractivity contribution in [3.8, 4) is 0 Å². The zero-order valence-corrected chi connectivity index (χ0v) is 7.99. The summed E-state index contributed by atoms with van der Waals surface area (Å²) in [7, 11) is 0. The molecule has 1 aliphatic carbocycles. The number of hydrogen-bond acceptors (Lipinski definition) is 1. The molecule has 0 N–H and O–H groups in total. The van der Waals surface area contributed by atoms with Gasteiger partial charge in [-0.3, -0.25) is 4.79 Å². The Kier molecular flexibility index (Phi) is 2.12. The van der Waals surface area contributed by atoms with Crippen molar-refractivity contribution >= 4 is 23.5 Å². The third kappa shape index (κ3) is 1.65. The molecule has 0 saturated heterocycles. The second kappa shape index (κ2) is 3.10. The molecule has 0 unspecified atom stereocenters. The normalized spacial score (nSPS) is 14.5. The summed E-state index contributed by atoms with van der Waals surface area (Å²) in [5.74, 6) is -0.446. The number of rotatable bonds is 0. The number of benzene rings is 1. The van der Waals surface area contributed by atoms with Crippen LogP contribution in [0.5, 0.6) is 0 Å². The zero-order chi connectivity index (χ0) is 11.2. The monoisotopic (exact) mass is 232 g/mol. The SMILES string of the molecule is O=C1C=Cc2c1cc(Cl)cc2C(F)(F)F. The smallest absolute Gasteiger partial charge is 0.289 e. The van der Waals surface area contributed by atoms with Crippen molar-refractivity contribution in [2.45, 2.75) is 6.18 Å². The number of allylic oxidation sites excluding steroid dienone is 1. The highest BCUT2D eigenvalue weighted by Crippen LogP contribution is 2.38. The van der Waals surface area contributed by atoms with E-state index >= 15 is 0 Å². The Morgan fingerprint density at radius 2 is 1.80 bits per heavy atom. The predicted molar refractivity (Wildman–Crippen MR) is 49.8 cm³/mol. The number of alkyl halides is 3. The van der Waals surface area contributed by atoms with E-state index in [0.717, 1.165) is 18.2 Å². The molecule has 1 aromatic rings. The van der Waals surface area contributed by atoms with Gasteiger partial charge in [0.2, 0.25) is 0 Å². The Hall–Kier alpha value is -1.29. The minimum atomic E-state index is -4.50. The van der Waals surface area contributed by atoms with Crippen molar-refractivity contribution in [3.05, 3.63) is 39.9 Å². The minimum absolute atomic E-state index is 0.00910. The average molecular weight is 233 g/mol. The van der Waals surface area contributed by atoms with Crippen molar-refractivity contribution in [2.75, 3.05) is 0 Å². The first-order valence-electron chi connectivity index (χ1n) is 4.03. The molecule has 0 amide bonds. The molecule has 1 aromatic carbocycles. The highest BCUT2D eigenvalue weighted by atomic mass is 35.5. The highest BCUT2D eigenvalue weighted by molar-refractivity contribution is 6.31. The first-order chi connectivity index (χ1) is 6.89. The van der Waals surface area contributed by atoms with Gasteiger partial charge >= 0.3 is 6.18 Å². The van der Waals surface area contributed by atoms with E-state index in [0.29, 0.717) is 0 Å². The molecule has 15 heavy (non-hydrogen) atoms. The van der Waals surface area contributed by atoms with Crippen molar-refractivity contribution in [2.24, 2.45) is 0 Å². The van der Waals surface area contributed by atoms with Crippen LogP contribution in [0.15, 0.2) is 18.2 Å². The standard InChI is InChI=1S/C10H4ClF3O/c11-5-3-7-6(1-2-9(7)15)8(4-5)10(12,13)14/h1-4H. The molecule has 0 aliphatic heterocycles. The molecule has 0 heterocycles. The Bertz CT molecular complexity index is 474. The molecule has 1 nitrogen and oxygen atoms in total. The van der Waals surface area contributed by atoms with Crippen LogP contribution in [-0.4, -0.2) is 5.78 Å². The van der Waals surface area contributed by atoms with E-state index in [1.165, 1.54) is 6.07 Å². The topological polar surface area (TPSA) is 17.1 Å². The van der Waals surface area contributed by atoms with E-state index in [1.807, 2.05) is 0 Å². The van der Waals surface area contributed by atoms with Crippen molar-refractivity contribution < 1.29 is 18.0 Å². The molecular weight excluding hydrogens is 229 g/mol. The maximum absolute atomic E-state index is 12.5. The van der Waals surface area contributed by atoms with Crippen LogP contribution >= 0.6 is 11.6 Å². The largest absolute Gasteiger partial charge is 0.417 e. The quantitative estimate of drug-likeness (QED) is 0.668. The van der Waals surface area contributed by atoms with Crippen LogP contribution in [0.2, 0.25) is 5.02 Å². The summed E-state index contributed by atoms with van der Waals surface area (Å²) in [4.78, 5) is 11.2. The van der Waals surface area contributed by atoms with Crippen LogP contribution in [0.4, 0.5) is 13.2 Å². The first-order valence-corrected chi connectivity index (χ1v) is 4.40. The van der Waals surface area contributed by atoms with Gasteiger partial charge in [0.05, 0.1) is 5.56 Å². The molecule has 2 rings (SSSR count). The van der Waals surface area contributed by atoms with Gasteiger partial charge < -0.3 is 0 Å². The lowest BCUT2D eigenvalue weighted by atomic mass is 10.0. The minimum Gasteiger partial charge on any atom is -0.289 e. The third-order valence-corrected chi connectivity index (χ3v) is 2.34. The molecule has 5 heteroatoms. The van der Waals surface area contributed by atoms with Gasteiger partial charge in [0.1, 0.15) is 0 Å². The molecule has 0 fully saturated rings. The zero-order valence-electron chi connectivity index (χ0n) is 7.23. The number of ketones is 1. The van der Waals surface area contributed by atoms with Gasteiger partial charge in [-0.2, -0.15) is 13.2 Å². The number of halogens is 4. The van der Waals surface area contributed by atoms with Crippen LogP contribution in [0, 0.1) is 0 Å². The van der Waals surface area contributed by atoms with E-state index in [2.05, 4.69) is 0 Å². The van der Waals surface area contributed by atoms with Crippen LogP contribution in [0.1, 0.15) is 21.5 Å². The van der Waals surface area contributed by atoms with Gasteiger partial charge in [-0.25, -0.2) is 0 Å². The van der Waals surface area contributed by atoms with E-state index in [4.69, 9.17) is 11.6 Å². The predicted octanol–water partition coefficient (Wildman–Crippen LogP) is 3.57. The fourth-order valence-corrected chi connectivity index (χ4v) is 1.70. The molecule has 0 atom stereocenters. The Labute approximate surface area is 88.2 Å². The second-order valence-corrected chi connectivity index (χ2v) is 3.55. The lowest BCUT2D eigenvalue weighted by Crippen LogP contribution is -2.09. The van der Waals surface area contributed by atoms with Crippen LogP contribution < -0.4 is 0 Å². The molecule has 0 saturated carbocycles. The number of carbonyl (C=O) groups is 1. The highest BCUT2D eigenvalue weighted by Gasteiger charge is 2.36. The van der Waals surface area contributed by atoms with Crippen molar-refractivity contribution in [3.63, 3.8) is 0 Å². The molecule has 0 spiro atoms. The number of carbonyl (C=O) groups excluding carboxylic acids is 1. The van der Waals surface area contributed by atoms with Crippen LogP contribution in [0.3, 0.4) is 0 Å². The average Bonchev–Trinajstić information content (AvgIpc) is 2.45. The van der Waals surface area contributed by atoms with Gasteiger partial charge in [-0.05, 0) is 29.8 Å². The van der Waals surface area contributed by atoms with Crippen molar-refractivity contribution in [1.82, 2.24) is 0 Å². The fourth-order valence-electron chi connectivity index (χ4n) is 1.48. The van der Waals surface area contributed by atoms with E-state index in [1.54, 1.807) is 0 Å². The molecule has 0 aromatic heterocycles. The lowest BCUT2D eigenvalue weighted by Gasteiger charge is -2.11. The maximum Gasteiger partial charge on any atom is 0.417 e. The van der Waals surface area contributed by atoms with Crippen LogP contribution in [0.25, 0.3) is 6.08 Å². The van der Waals surface area contributed by atoms with Gasteiger partial charge in [0.15, 0.2) is 5.78 Å². The van der Waals surface area contributed by atoms with E-state index < -0.39 is 17.5 Å². The number of fused-ring (bicyclic) bond motifs is 1. The molecular formula is C10H4ClF3O. The van der Waals surface area contributed by atoms with Gasteiger partial charge in [-0.1, -0.05) is 11.6 Å². The number of hydrogen-bond donors (Lipinski definition) is 0. The summed E-state index contributed by atoms with van der Waals surface area (Å²) < 4.78 is 37.6. The van der Waals surface area contributed by atoms with Crippen molar-refractivity contribution in [1.29, 1.82) is 0 Å². The second-order valence-electron chi connectivity index (χ2n) is 3.11. The Morgan fingerprint density at radius 1 is 1.13 bits per heavy atom. The summed E-state index contributed by atoms with van der Waals surface area (Å²) in [6.07, 6.45) is -2.23. The Morgan fingerprint density at radius 3 is 2.40 bits per heavy atom. The Balaban J connectivity index is 2.72.